The van der Waals surface area contributed by atoms with E-state index in [-0.39, 0.29) is 6.04 Å². The summed E-state index contributed by atoms with van der Waals surface area (Å²) in [7, 11) is 0. The highest BCUT2D eigenvalue weighted by Gasteiger charge is 2.39. The van der Waals surface area contributed by atoms with Crippen LogP contribution in [0.25, 0.3) is 0 Å². The van der Waals surface area contributed by atoms with Crippen LogP contribution in [0, 0.1) is 5.92 Å². The molecule has 0 unspecified atom stereocenters. The van der Waals surface area contributed by atoms with Crippen molar-refractivity contribution in [3.8, 4) is 0 Å². The number of nitrogens with two attached hydrogens (primary N) is 1. The molecule has 1 aliphatic carbocycles. The molecule has 0 aromatic heterocycles. The van der Waals surface area contributed by atoms with Crippen LogP contribution in [-0.2, 0) is 4.79 Å². The van der Waals surface area contributed by atoms with E-state index in [1.807, 2.05) is 11.8 Å². The monoisotopic (exact) mass is 182 g/mol. The maximum Gasteiger partial charge on any atom is 0.225 e. The van der Waals surface area contributed by atoms with Gasteiger partial charge in [0.15, 0.2) is 0 Å². The number of fused-ring (bicyclic) bond motifs is 3. The minimum Gasteiger partial charge on any atom is -0.338 e. The number of nitrogens with zero attached hydrogens (tertiary/aromatic N) is 1. The Labute approximate surface area is 79.3 Å². The van der Waals surface area contributed by atoms with Crippen LogP contribution in [0.4, 0.5) is 0 Å². The van der Waals surface area contributed by atoms with Gasteiger partial charge in [-0.3, -0.25) is 4.79 Å². The minimum atomic E-state index is 0.114. The second-order valence-corrected chi connectivity index (χ2v) is 4.47. The smallest absolute Gasteiger partial charge is 0.225 e. The highest BCUT2D eigenvalue weighted by Crippen LogP contribution is 2.35. The standard InChI is InChI=1S/C10H18N2O/c1-7(11)6-12-9-4-2-8(3-5-9)10(12)13/h7-9H,2-6,11H2,1H3/t7-,8?,9?/m0/s1. The van der Waals surface area contributed by atoms with E-state index in [2.05, 4.69) is 0 Å². The van der Waals surface area contributed by atoms with Gasteiger partial charge in [0, 0.05) is 24.5 Å². The fraction of sp³-hybridized carbons (Fsp3) is 0.900. The van der Waals surface area contributed by atoms with Gasteiger partial charge in [0.1, 0.15) is 0 Å². The highest BCUT2D eigenvalue weighted by molar-refractivity contribution is 5.80. The Morgan fingerprint density at radius 3 is 2.54 bits per heavy atom. The van der Waals surface area contributed by atoms with E-state index in [4.69, 9.17) is 5.73 Å². The minimum absolute atomic E-state index is 0.114. The molecule has 3 aliphatic rings. The SMILES string of the molecule is C[C@H](N)CN1C(=O)C2CCC1CC2. The van der Waals surface area contributed by atoms with E-state index in [1.54, 1.807) is 0 Å². The summed E-state index contributed by atoms with van der Waals surface area (Å²) in [5, 5.41) is 0. The Hall–Kier alpha value is -0.570. The first-order valence-corrected chi connectivity index (χ1v) is 5.24. The molecular weight excluding hydrogens is 164 g/mol. The zero-order valence-electron chi connectivity index (χ0n) is 8.20. The summed E-state index contributed by atoms with van der Waals surface area (Å²) >= 11 is 0. The van der Waals surface area contributed by atoms with E-state index >= 15 is 0 Å². The summed E-state index contributed by atoms with van der Waals surface area (Å²) < 4.78 is 0. The Bertz CT molecular complexity index is 207. The van der Waals surface area contributed by atoms with E-state index in [0.717, 1.165) is 19.4 Å². The fourth-order valence-electron chi connectivity index (χ4n) is 2.60. The second kappa shape index (κ2) is 3.29. The van der Waals surface area contributed by atoms with Crippen LogP contribution < -0.4 is 5.73 Å². The van der Waals surface area contributed by atoms with Crippen molar-refractivity contribution < 1.29 is 4.79 Å². The molecule has 3 rings (SSSR count). The molecule has 2 heterocycles. The maximum atomic E-state index is 11.8. The summed E-state index contributed by atoms with van der Waals surface area (Å²) in [5.41, 5.74) is 5.72. The topological polar surface area (TPSA) is 46.3 Å². The third kappa shape index (κ3) is 1.57. The summed E-state index contributed by atoms with van der Waals surface area (Å²) in [6.07, 6.45) is 4.62. The molecule has 3 fully saturated rings. The average molecular weight is 182 g/mol. The first-order chi connectivity index (χ1) is 6.18. The predicted molar refractivity (Wildman–Crippen MR) is 51.1 cm³/mol. The van der Waals surface area contributed by atoms with Gasteiger partial charge < -0.3 is 10.6 Å². The molecule has 1 saturated carbocycles. The van der Waals surface area contributed by atoms with Crippen molar-refractivity contribution in [3.05, 3.63) is 0 Å². The molecule has 2 aliphatic heterocycles. The van der Waals surface area contributed by atoms with Crippen molar-refractivity contribution in [3.63, 3.8) is 0 Å². The van der Waals surface area contributed by atoms with Gasteiger partial charge >= 0.3 is 0 Å². The molecule has 0 aromatic rings. The largest absolute Gasteiger partial charge is 0.338 e. The van der Waals surface area contributed by atoms with Crippen molar-refractivity contribution >= 4 is 5.91 Å². The van der Waals surface area contributed by atoms with Crippen molar-refractivity contribution in [1.82, 2.24) is 4.90 Å². The van der Waals surface area contributed by atoms with Crippen LogP contribution in [-0.4, -0.2) is 29.4 Å². The lowest BCUT2D eigenvalue weighted by Gasteiger charge is -2.45. The van der Waals surface area contributed by atoms with Gasteiger partial charge in [0.05, 0.1) is 0 Å². The molecule has 2 bridgehead atoms. The summed E-state index contributed by atoms with van der Waals surface area (Å²) in [6, 6.07) is 0.617. The van der Waals surface area contributed by atoms with Crippen LogP contribution >= 0.6 is 0 Å². The molecule has 13 heavy (non-hydrogen) atoms. The Balaban J connectivity index is 2.05. The molecule has 74 valence electrons. The molecule has 0 radical (unpaired) electrons. The first kappa shape index (κ1) is 9.00. The number of hydrogen-bond donors (Lipinski definition) is 1. The van der Waals surface area contributed by atoms with Gasteiger partial charge in [-0.15, -0.1) is 0 Å². The summed E-state index contributed by atoms with van der Waals surface area (Å²) in [5.74, 6) is 0.684. The van der Waals surface area contributed by atoms with Gasteiger partial charge in [-0.05, 0) is 32.6 Å². The van der Waals surface area contributed by atoms with Crippen molar-refractivity contribution in [2.24, 2.45) is 11.7 Å². The lowest BCUT2D eigenvalue weighted by Crippen LogP contribution is -2.55. The lowest BCUT2D eigenvalue weighted by molar-refractivity contribution is -0.147. The highest BCUT2D eigenvalue weighted by atomic mass is 16.2. The van der Waals surface area contributed by atoms with Gasteiger partial charge in [0.2, 0.25) is 5.91 Å². The van der Waals surface area contributed by atoms with Gasteiger partial charge in [-0.25, -0.2) is 0 Å². The van der Waals surface area contributed by atoms with Gasteiger partial charge in [-0.1, -0.05) is 0 Å². The lowest BCUT2D eigenvalue weighted by atomic mass is 9.79. The number of rotatable bonds is 2. The van der Waals surface area contributed by atoms with Gasteiger partial charge in [0.25, 0.3) is 0 Å². The van der Waals surface area contributed by atoms with Gasteiger partial charge in [-0.2, -0.15) is 0 Å². The summed E-state index contributed by atoms with van der Waals surface area (Å²) in [4.78, 5) is 13.8. The van der Waals surface area contributed by atoms with E-state index in [0.29, 0.717) is 17.9 Å². The average Bonchev–Trinajstić information content (AvgIpc) is 2.11. The van der Waals surface area contributed by atoms with Crippen molar-refractivity contribution in [1.29, 1.82) is 0 Å². The molecule has 2 saturated heterocycles. The zero-order valence-corrected chi connectivity index (χ0v) is 8.20. The molecule has 3 heteroatoms. The van der Waals surface area contributed by atoms with E-state index < -0.39 is 0 Å². The Morgan fingerprint density at radius 1 is 1.46 bits per heavy atom. The van der Waals surface area contributed by atoms with Crippen LogP contribution in [0.15, 0.2) is 0 Å². The molecule has 3 nitrogen and oxygen atoms in total. The molecule has 1 atom stereocenters. The van der Waals surface area contributed by atoms with Crippen LogP contribution in [0.1, 0.15) is 32.6 Å². The number of hydrogen-bond acceptors (Lipinski definition) is 2. The summed E-state index contributed by atoms with van der Waals surface area (Å²) in [6.45, 7) is 2.72. The quantitative estimate of drug-likeness (QED) is 0.684. The molecular formula is C10H18N2O. The van der Waals surface area contributed by atoms with E-state index in [1.165, 1.54) is 12.8 Å². The number of carbonyl (C=O) groups is 1. The Morgan fingerprint density at radius 2 is 2.08 bits per heavy atom. The fourth-order valence-corrected chi connectivity index (χ4v) is 2.60. The Kier molecular flexibility index (Phi) is 2.28. The van der Waals surface area contributed by atoms with Crippen LogP contribution in [0.5, 0.6) is 0 Å². The second-order valence-electron chi connectivity index (χ2n) is 4.47. The predicted octanol–water partition coefficient (Wildman–Crippen LogP) is 0.735. The van der Waals surface area contributed by atoms with Crippen LogP contribution in [0.3, 0.4) is 0 Å². The third-order valence-corrected chi connectivity index (χ3v) is 3.25. The number of carbonyl (C=O) groups excluding carboxylic acids is 1. The number of piperidine rings is 2. The van der Waals surface area contributed by atoms with Crippen LogP contribution in [0.2, 0.25) is 0 Å². The molecule has 1 amide bonds. The first-order valence-electron chi connectivity index (χ1n) is 5.24. The van der Waals surface area contributed by atoms with Crippen molar-refractivity contribution in [2.45, 2.75) is 44.7 Å². The molecule has 0 spiro atoms. The molecule has 2 N–H and O–H groups in total. The zero-order chi connectivity index (χ0) is 9.42. The maximum absolute atomic E-state index is 11.8. The van der Waals surface area contributed by atoms with E-state index in [9.17, 15) is 4.79 Å². The normalized spacial score (nSPS) is 35.2. The number of amides is 1. The third-order valence-electron chi connectivity index (χ3n) is 3.25. The molecule has 0 aromatic carbocycles. The van der Waals surface area contributed by atoms with Crippen molar-refractivity contribution in [2.75, 3.05) is 6.54 Å².